The number of hydrogen-bond acceptors (Lipinski definition) is 4. The summed E-state index contributed by atoms with van der Waals surface area (Å²) in [5.74, 6) is 0.527. The predicted octanol–water partition coefficient (Wildman–Crippen LogP) is 3.25. The minimum Gasteiger partial charge on any atom is -0.441 e. The summed E-state index contributed by atoms with van der Waals surface area (Å²) in [4.78, 5) is 32.9. The van der Waals surface area contributed by atoms with Crippen molar-refractivity contribution in [3.05, 3.63) is 24.1 Å². The molecule has 1 aliphatic rings. The number of benzene rings is 1. The lowest BCUT2D eigenvalue weighted by atomic mass is 9.96. The standard InChI is InChI=1S/C19H26N4O3/c1-4-22(5-2)19(25)23-10-8-14(9-11-23)18(24)21-15-6-7-17-16(12-15)20-13(3)26-17/h6-7,12,14H,4-5,8-11H2,1-3H3,(H,21,24). The lowest BCUT2D eigenvalue weighted by Gasteiger charge is -2.34. The Morgan fingerprint density at radius 3 is 2.62 bits per heavy atom. The van der Waals surface area contributed by atoms with Gasteiger partial charge in [0.1, 0.15) is 5.52 Å². The van der Waals surface area contributed by atoms with Crippen LogP contribution in [0.1, 0.15) is 32.6 Å². The van der Waals surface area contributed by atoms with Crippen LogP contribution in [0, 0.1) is 12.8 Å². The number of piperidine rings is 1. The average molecular weight is 358 g/mol. The quantitative estimate of drug-likeness (QED) is 0.910. The second-order valence-corrected chi connectivity index (χ2v) is 6.62. The molecule has 3 amide bonds. The summed E-state index contributed by atoms with van der Waals surface area (Å²) in [5, 5.41) is 2.97. The van der Waals surface area contributed by atoms with E-state index in [1.807, 2.05) is 41.8 Å². The van der Waals surface area contributed by atoms with Crippen LogP contribution in [-0.2, 0) is 4.79 Å². The first kappa shape index (κ1) is 18.2. The molecule has 3 rings (SSSR count). The van der Waals surface area contributed by atoms with Gasteiger partial charge in [-0.15, -0.1) is 0 Å². The summed E-state index contributed by atoms with van der Waals surface area (Å²) in [6.45, 7) is 8.42. The van der Waals surface area contributed by atoms with E-state index in [0.717, 1.165) is 11.2 Å². The van der Waals surface area contributed by atoms with Crippen molar-refractivity contribution in [3.8, 4) is 0 Å². The maximum Gasteiger partial charge on any atom is 0.319 e. The Bertz CT molecular complexity index is 789. The first-order valence-electron chi connectivity index (χ1n) is 9.23. The molecular weight excluding hydrogens is 332 g/mol. The summed E-state index contributed by atoms with van der Waals surface area (Å²) in [5.41, 5.74) is 2.17. The number of fused-ring (bicyclic) bond motifs is 1. The molecule has 0 atom stereocenters. The highest BCUT2D eigenvalue weighted by Crippen LogP contribution is 2.23. The number of oxazole rings is 1. The topological polar surface area (TPSA) is 78.7 Å². The highest BCUT2D eigenvalue weighted by atomic mass is 16.3. The fourth-order valence-electron chi connectivity index (χ4n) is 3.39. The molecule has 0 aliphatic carbocycles. The van der Waals surface area contributed by atoms with Crippen LogP contribution in [0.5, 0.6) is 0 Å². The van der Waals surface area contributed by atoms with Gasteiger partial charge in [-0.2, -0.15) is 0 Å². The molecule has 1 aromatic heterocycles. The van der Waals surface area contributed by atoms with E-state index in [1.165, 1.54) is 0 Å². The lowest BCUT2D eigenvalue weighted by Crippen LogP contribution is -2.47. The van der Waals surface area contributed by atoms with Gasteiger partial charge in [-0.3, -0.25) is 4.79 Å². The van der Waals surface area contributed by atoms with Crippen LogP contribution in [0.25, 0.3) is 11.1 Å². The van der Waals surface area contributed by atoms with Crippen LogP contribution in [0.3, 0.4) is 0 Å². The van der Waals surface area contributed by atoms with Gasteiger partial charge in [-0.25, -0.2) is 9.78 Å². The molecule has 1 aliphatic heterocycles. The molecule has 1 N–H and O–H groups in total. The number of rotatable bonds is 4. The van der Waals surface area contributed by atoms with Crippen LogP contribution >= 0.6 is 0 Å². The maximum absolute atomic E-state index is 12.6. The molecular formula is C19H26N4O3. The summed E-state index contributed by atoms with van der Waals surface area (Å²) in [6.07, 6.45) is 1.37. The van der Waals surface area contributed by atoms with Gasteiger partial charge >= 0.3 is 6.03 Å². The fraction of sp³-hybridized carbons (Fsp3) is 0.526. The molecule has 1 saturated heterocycles. The number of nitrogens with one attached hydrogen (secondary N) is 1. The van der Waals surface area contributed by atoms with Crippen molar-refractivity contribution in [3.63, 3.8) is 0 Å². The van der Waals surface area contributed by atoms with Crippen LogP contribution in [-0.4, -0.2) is 52.9 Å². The third kappa shape index (κ3) is 3.81. The Morgan fingerprint density at radius 2 is 1.96 bits per heavy atom. The number of likely N-dealkylation sites (tertiary alicyclic amines) is 1. The number of hydrogen-bond donors (Lipinski definition) is 1. The van der Waals surface area contributed by atoms with E-state index in [2.05, 4.69) is 10.3 Å². The molecule has 0 unspecified atom stereocenters. The van der Waals surface area contributed by atoms with E-state index in [-0.39, 0.29) is 17.9 Å². The molecule has 1 fully saturated rings. The lowest BCUT2D eigenvalue weighted by molar-refractivity contribution is -0.121. The molecule has 1 aromatic carbocycles. The summed E-state index contributed by atoms with van der Waals surface area (Å²) >= 11 is 0. The normalized spacial score (nSPS) is 15.3. The van der Waals surface area contributed by atoms with Crippen molar-refractivity contribution in [2.45, 2.75) is 33.6 Å². The third-order valence-corrected chi connectivity index (χ3v) is 4.93. The van der Waals surface area contributed by atoms with Crippen molar-refractivity contribution in [1.82, 2.24) is 14.8 Å². The number of urea groups is 1. The van der Waals surface area contributed by atoms with Crippen molar-refractivity contribution in [2.75, 3.05) is 31.5 Å². The van der Waals surface area contributed by atoms with E-state index in [1.54, 1.807) is 6.92 Å². The highest BCUT2D eigenvalue weighted by molar-refractivity contribution is 5.94. The number of aryl methyl sites for hydroxylation is 1. The molecule has 26 heavy (non-hydrogen) atoms. The predicted molar refractivity (Wildman–Crippen MR) is 100.0 cm³/mol. The molecule has 2 aromatic rings. The second kappa shape index (κ2) is 7.76. The first-order chi connectivity index (χ1) is 12.5. The SMILES string of the molecule is CCN(CC)C(=O)N1CCC(C(=O)Nc2ccc3oc(C)nc3c2)CC1. The summed E-state index contributed by atoms with van der Waals surface area (Å²) in [7, 11) is 0. The molecule has 2 heterocycles. The number of aromatic nitrogens is 1. The zero-order chi connectivity index (χ0) is 18.7. The number of carbonyl (C=O) groups is 2. The zero-order valence-electron chi connectivity index (χ0n) is 15.6. The first-order valence-corrected chi connectivity index (χ1v) is 9.23. The number of carbonyl (C=O) groups excluding carboxylic acids is 2. The Hall–Kier alpha value is -2.57. The molecule has 0 spiro atoms. The Balaban J connectivity index is 1.57. The summed E-state index contributed by atoms with van der Waals surface area (Å²) in [6, 6.07) is 5.53. The molecule has 0 saturated carbocycles. The van der Waals surface area contributed by atoms with Crippen LogP contribution < -0.4 is 5.32 Å². The van der Waals surface area contributed by atoms with Gasteiger partial charge in [0.05, 0.1) is 0 Å². The number of amides is 3. The van der Waals surface area contributed by atoms with Gasteiger partial charge in [0.25, 0.3) is 0 Å². The average Bonchev–Trinajstić information content (AvgIpc) is 3.02. The third-order valence-electron chi connectivity index (χ3n) is 4.93. The van der Waals surface area contributed by atoms with E-state index in [0.29, 0.717) is 50.5 Å². The molecule has 140 valence electrons. The van der Waals surface area contributed by atoms with E-state index < -0.39 is 0 Å². The van der Waals surface area contributed by atoms with E-state index >= 15 is 0 Å². The van der Waals surface area contributed by atoms with Crippen molar-refractivity contribution < 1.29 is 14.0 Å². The minimum atomic E-state index is -0.0782. The highest BCUT2D eigenvalue weighted by Gasteiger charge is 2.29. The van der Waals surface area contributed by atoms with Crippen LogP contribution in [0.2, 0.25) is 0 Å². The molecule has 7 heteroatoms. The van der Waals surface area contributed by atoms with Crippen LogP contribution in [0.15, 0.2) is 22.6 Å². The smallest absolute Gasteiger partial charge is 0.319 e. The van der Waals surface area contributed by atoms with Gasteiger partial charge < -0.3 is 19.5 Å². The zero-order valence-corrected chi connectivity index (χ0v) is 15.6. The molecule has 0 bridgehead atoms. The van der Waals surface area contributed by atoms with Gasteiger partial charge in [-0.05, 0) is 44.9 Å². The van der Waals surface area contributed by atoms with Crippen LogP contribution in [0.4, 0.5) is 10.5 Å². The Morgan fingerprint density at radius 1 is 1.27 bits per heavy atom. The molecule has 0 radical (unpaired) electrons. The van der Waals surface area contributed by atoms with E-state index in [4.69, 9.17) is 4.42 Å². The van der Waals surface area contributed by atoms with Gasteiger partial charge in [0, 0.05) is 44.7 Å². The van der Waals surface area contributed by atoms with E-state index in [9.17, 15) is 9.59 Å². The monoisotopic (exact) mass is 358 g/mol. The Labute approximate surface area is 153 Å². The van der Waals surface area contributed by atoms with Gasteiger partial charge in [-0.1, -0.05) is 0 Å². The second-order valence-electron chi connectivity index (χ2n) is 6.62. The summed E-state index contributed by atoms with van der Waals surface area (Å²) < 4.78 is 5.45. The minimum absolute atomic E-state index is 0.000458. The Kier molecular flexibility index (Phi) is 5.44. The van der Waals surface area contributed by atoms with Crippen molar-refractivity contribution in [1.29, 1.82) is 0 Å². The largest absolute Gasteiger partial charge is 0.441 e. The number of anilines is 1. The van der Waals surface area contributed by atoms with Crippen molar-refractivity contribution in [2.24, 2.45) is 5.92 Å². The molecule has 7 nitrogen and oxygen atoms in total. The maximum atomic E-state index is 12.6. The number of nitrogens with zero attached hydrogens (tertiary/aromatic N) is 3. The van der Waals surface area contributed by atoms with Gasteiger partial charge in [0.2, 0.25) is 5.91 Å². The fourth-order valence-corrected chi connectivity index (χ4v) is 3.39. The van der Waals surface area contributed by atoms with Crippen molar-refractivity contribution >= 4 is 28.7 Å². The van der Waals surface area contributed by atoms with Gasteiger partial charge in [0.15, 0.2) is 11.5 Å².